The molecular weight excluding hydrogens is 164 g/mol. The lowest BCUT2D eigenvalue weighted by Crippen LogP contribution is -1.98. The largest absolute Gasteiger partial charge is 0.326 e. The zero-order chi connectivity index (χ0) is 9.14. The highest BCUT2D eigenvalue weighted by atomic mass is 19.1. The predicted molar refractivity (Wildman–Crippen MR) is 40.8 cm³/mol. The molecule has 0 aliphatic heterocycles. The smallest absolute Gasteiger partial charge is 0.211 e. The van der Waals surface area contributed by atoms with E-state index < -0.39 is 11.6 Å². The number of aryl methyl sites for hydroxylation is 1. The van der Waals surface area contributed by atoms with Crippen LogP contribution in [0.2, 0.25) is 0 Å². The van der Waals surface area contributed by atoms with Gasteiger partial charge in [0, 0.05) is 6.07 Å². The Hall–Kier alpha value is -1.45. The van der Waals surface area contributed by atoms with Gasteiger partial charge in [-0.2, -0.15) is 0 Å². The Morgan fingerprint density at radius 2 is 2.00 bits per heavy atom. The molecule has 0 unspecified atom stereocenters. The number of halogens is 2. The normalized spacial score (nSPS) is 9.58. The second-order valence-corrected chi connectivity index (χ2v) is 2.34. The molecule has 0 atom stereocenters. The highest BCUT2D eigenvalue weighted by molar-refractivity contribution is 5.71. The molecule has 0 aliphatic carbocycles. The van der Waals surface area contributed by atoms with Crippen LogP contribution in [0.4, 0.5) is 14.5 Å². The minimum Gasteiger partial charge on any atom is -0.326 e. The van der Waals surface area contributed by atoms with Crippen LogP contribution in [0.25, 0.3) is 0 Å². The lowest BCUT2D eigenvalue weighted by atomic mass is 10.2. The summed E-state index contributed by atoms with van der Waals surface area (Å²) in [7, 11) is 0. The summed E-state index contributed by atoms with van der Waals surface area (Å²) in [5.41, 5.74) is 0.0667. The van der Waals surface area contributed by atoms with E-state index in [-0.39, 0.29) is 11.3 Å². The van der Waals surface area contributed by atoms with E-state index in [1.54, 1.807) is 0 Å². The minimum absolute atomic E-state index is 0.145. The quantitative estimate of drug-likeness (QED) is 0.676. The number of benzene rings is 1. The lowest BCUT2D eigenvalue weighted by Gasteiger charge is -2.02. The maximum Gasteiger partial charge on any atom is 0.211 e. The number of amides is 1. The average molecular weight is 171 g/mol. The van der Waals surface area contributed by atoms with Crippen molar-refractivity contribution < 1.29 is 13.6 Å². The maximum atomic E-state index is 12.8. The van der Waals surface area contributed by atoms with Crippen LogP contribution in [0.15, 0.2) is 12.1 Å². The van der Waals surface area contributed by atoms with Gasteiger partial charge in [0.05, 0.1) is 5.69 Å². The third kappa shape index (κ3) is 1.58. The number of anilines is 1. The van der Waals surface area contributed by atoms with E-state index in [0.717, 1.165) is 12.1 Å². The molecule has 0 heterocycles. The Morgan fingerprint density at radius 3 is 2.58 bits per heavy atom. The van der Waals surface area contributed by atoms with Gasteiger partial charge in [0.25, 0.3) is 0 Å². The first kappa shape index (κ1) is 8.64. The van der Waals surface area contributed by atoms with Crippen LogP contribution in [0.1, 0.15) is 5.56 Å². The van der Waals surface area contributed by atoms with Crippen LogP contribution in [-0.4, -0.2) is 6.41 Å². The molecule has 0 saturated carbocycles. The molecule has 1 amide bonds. The van der Waals surface area contributed by atoms with Crippen molar-refractivity contribution in [3.05, 3.63) is 29.3 Å². The molecule has 0 aromatic heterocycles. The molecule has 0 radical (unpaired) electrons. The highest BCUT2D eigenvalue weighted by Gasteiger charge is 2.05. The predicted octanol–water partition coefficient (Wildman–Crippen LogP) is 1.84. The van der Waals surface area contributed by atoms with Gasteiger partial charge < -0.3 is 5.32 Å². The Balaban J connectivity index is 3.13. The number of carbonyl (C=O) groups excluding carboxylic acids is 1. The second kappa shape index (κ2) is 3.30. The van der Waals surface area contributed by atoms with Gasteiger partial charge in [-0.3, -0.25) is 4.79 Å². The molecule has 0 bridgehead atoms. The molecule has 4 heteroatoms. The van der Waals surface area contributed by atoms with Gasteiger partial charge in [-0.1, -0.05) is 0 Å². The number of rotatable bonds is 2. The fourth-order valence-electron chi connectivity index (χ4n) is 0.820. The number of nitrogens with one attached hydrogen (secondary N) is 1. The summed E-state index contributed by atoms with van der Waals surface area (Å²) in [5.74, 6) is -1.18. The van der Waals surface area contributed by atoms with Gasteiger partial charge in [-0.15, -0.1) is 0 Å². The molecule has 12 heavy (non-hydrogen) atoms. The van der Waals surface area contributed by atoms with E-state index in [0.29, 0.717) is 6.41 Å². The first-order valence-corrected chi connectivity index (χ1v) is 3.31. The molecule has 1 rings (SSSR count). The molecule has 0 aliphatic rings. The zero-order valence-electron chi connectivity index (χ0n) is 6.40. The number of hydrogen-bond acceptors (Lipinski definition) is 1. The van der Waals surface area contributed by atoms with Gasteiger partial charge in [0.15, 0.2) is 0 Å². The maximum absolute atomic E-state index is 12.8. The van der Waals surface area contributed by atoms with Crippen molar-refractivity contribution in [1.82, 2.24) is 0 Å². The van der Waals surface area contributed by atoms with Gasteiger partial charge >= 0.3 is 0 Å². The van der Waals surface area contributed by atoms with E-state index in [9.17, 15) is 13.6 Å². The van der Waals surface area contributed by atoms with Gasteiger partial charge in [-0.25, -0.2) is 8.78 Å². The molecule has 1 N–H and O–H groups in total. The lowest BCUT2D eigenvalue weighted by molar-refractivity contribution is -0.105. The Bertz CT molecular complexity index is 312. The summed E-state index contributed by atoms with van der Waals surface area (Å²) in [4.78, 5) is 9.92. The topological polar surface area (TPSA) is 29.1 Å². The third-order valence-corrected chi connectivity index (χ3v) is 1.46. The molecule has 0 spiro atoms. The molecular formula is C8H7F2NO. The van der Waals surface area contributed by atoms with Crippen LogP contribution in [0.5, 0.6) is 0 Å². The van der Waals surface area contributed by atoms with Gasteiger partial charge in [0.1, 0.15) is 11.6 Å². The number of hydrogen-bond donors (Lipinski definition) is 1. The van der Waals surface area contributed by atoms with E-state index >= 15 is 0 Å². The summed E-state index contributed by atoms with van der Waals surface area (Å²) >= 11 is 0. The summed E-state index contributed by atoms with van der Waals surface area (Å²) < 4.78 is 25.6. The van der Waals surface area contributed by atoms with Crippen molar-refractivity contribution >= 4 is 12.1 Å². The zero-order valence-corrected chi connectivity index (χ0v) is 6.40. The molecule has 1 aromatic carbocycles. The fourth-order valence-corrected chi connectivity index (χ4v) is 0.820. The molecule has 0 fully saturated rings. The Labute approximate surface area is 68.2 Å². The van der Waals surface area contributed by atoms with Gasteiger partial charge in [-0.05, 0) is 18.6 Å². The minimum atomic E-state index is -0.638. The van der Waals surface area contributed by atoms with Gasteiger partial charge in [0.2, 0.25) is 6.41 Å². The second-order valence-electron chi connectivity index (χ2n) is 2.34. The fraction of sp³-hybridized carbons (Fsp3) is 0.125. The van der Waals surface area contributed by atoms with Crippen LogP contribution < -0.4 is 5.32 Å². The first-order valence-electron chi connectivity index (χ1n) is 3.31. The summed E-state index contributed by atoms with van der Waals surface area (Å²) in [6.07, 6.45) is 0.299. The van der Waals surface area contributed by atoms with E-state index in [1.165, 1.54) is 6.92 Å². The van der Waals surface area contributed by atoms with Crippen molar-refractivity contribution in [3.8, 4) is 0 Å². The monoisotopic (exact) mass is 171 g/mol. The molecule has 0 saturated heterocycles. The van der Waals surface area contributed by atoms with Crippen molar-refractivity contribution in [1.29, 1.82) is 0 Å². The highest BCUT2D eigenvalue weighted by Crippen LogP contribution is 2.17. The molecule has 64 valence electrons. The molecule has 1 aromatic rings. The van der Waals surface area contributed by atoms with Crippen molar-refractivity contribution in [2.45, 2.75) is 6.92 Å². The number of carbonyl (C=O) groups is 1. The molecule has 2 nitrogen and oxygen atoms in total. The van der Waals surface area contributed by atoms with Crippen molar-refractivity contribution in [2.75, 3.05) is 5.32 Å². The van der Waals surface area contributed by atoms with Crippen LogP contribution >= 0.6 is 0 Å². The summed E-state index contributed by atoms with van der Waals surface area (Å²) in [6, 6.07) is 1.97. The SMILES string of the molecule is Cc1cc(F)c(NC=O)cc1F. The Kier molecular flexibility index (Phi) is 2.38. The van der Waals surface area contributed by atoms with Crippen LogP contribution in [0.3, 0.4) is 0 Å². The van der Waals surface area contributed by atoms with E-state index in [2.05, 4.69) is 0 Å². The van der Waals surface area contributed by atoms with Crippen LogP contribution in [-0.2, 0) is 4.79 Å². The summed E-state index contributed by atoms with van der Waals surface area (Å²) in [6.45, 7) is 1.45. The Morgan fingerprint density at radius 1 is 1.33 bits per heavy atom. The third-order valence-electron chi connectivity index (χ3n) is 1.46. The van der Waals surface area contributed by atoms with Crippen molar-refractivity contribution in [2.24, 2.45) is 0 Å². The van der Waals surface area contributed by atoms with Crippen LogP contribution in [0, 0.1) is 18.6 Å². The summed E-state index contributed by atoms with van der Waals surface area (Å²) in [5, 5.41) is 2.05. The van der Waals surface area contributed by atoms with Crippen molar-refractivity contribution in [3.63, 3.8) is 0 Å². The van der Waals surface area contributed by atoms with E-state index in [4.69, 9.17) is 0 Å². The van der Waals surface area contributed by atoms with E-state index in [1.807, 2.05) is 5.32 Å². The first-order chi connectivity index (χ1) is 5.65. The standard InChI is InChI=1S/C8H7F2NO/c1-5-2-7(10)8(11-4-12)3-6(5)9/h2-4H,1H3,(H,11,12). The average Bonchev–Trinajstić information content (AvgIpc) is 2.01.